The molecule has 2 nitrogen and oxygen atoms in total. The summed E-state index contributed by atoms with van der Waals surface area (Å²) in [5.41, 5.74) is 3.36. The summed E-state index contributed by atoms with van der Waals surface area (Å²) < 4.78 is 0. The molecule has 0 bridgehead atoms. The Hall–Kier alpha value is -1.96. The first kappa shape index (κ1) is 14.4. The Morgan fingerprint density at radius 2 is 1.70 bits per heavy atom. The Balaban J connectivity index is 2.10. The smallest absolute Gasteiger partial charge is 0.122 e. The number of aromatic hydroxyl groups is 2. The van der Waals surface area contributed by atoms with Gasteiger partial charge in [0.25, 0.3) is 0 Å². The number of rotatable bonds is 5. The lowest BCUT2D eigenvalue weighted by atomic mass is 9.94. The molecule has 0 radical (unpaired) electrons. The Bertz CT molecular complexity index is 558. The van der Waals surface area contributed by atoms with E-state index in [0.717, 1.165) is 5.56 Å². The summed E-state index contributed by atoms with van der Waals surface area (Å²) in [7, 11) is 0. The minimum absolute atomic E-state index is 0.0926. The van der Waals surface area contributed by atoms with Crippen LogP contribution in [0.25, 0.3) is 0 Å². The van der Waals surface area contributed by atoms with E-state index in [1.165, 1.54) is 30.0 Å². The summed E-state index contributed by atoms with van der Waals surface area (Å²) in [6.07, 6.45) is 3.08. The zero-order valence-corrected chi connectivity index (χ0v) is 12.1. The molecule has 0 aliphatic heterocycles. The van der Waals surface area contributed by atoms with Crippen LogP contribution in [0.2, 0.25) is 0 Å². The van der Waals surface area contributed by atoms with Gasteiger partial charge in [-0.1, -0.05) is 50.6 Å². The van der Waals surface area contributed by atoms with E-state index in [0.29, 0.717) is 12.3 Å². The van der Waals surface area contributed by atoms with Crippen LogP contribution in [0.5, 0.6) is 11.5 Å². The SMILES string of the molecule is CCCC(C)c1ccc(Cc2ccc(O)cc2O)cc1. The third-order valence-corrected chi connectivity index (χ3v) is 3.73. The van der Waals surface area contributed by atoms with Crippen molar-refractivity contribution >= 4 is 0 Å². The standard InChI is InChI=1S/C18H22O2/c1-3-4-13(2)15-7-5-14(6-8-15)11-16-9-10-17(19)12-18(16)20/h5-10,12-13,19-20H,3-4,11H2,1-2H3. The van der Waals surface area contributed by atoms with E-state index < -0.39 is 0 Å². The summed E-state index contributed by atoms with van der Waals surface area (Å²) in [5.74, 6) is 0.833. The van der Waals surface area contributed by atoms with E-state index in [4.69, 9.17) is 0 Å². The lowest BCUT2D eigenvalue weighted by Crippen LogP contribution is -1.94. The minimum atomic E-state index is 0.0926. The van der Waals surface area contributed by atoms with Gasteiger partial charge in [0.05, 0.1) is 0 Å². The van der Waals surface area contributed by atoms with Crippen LogP contribution in [0.1, 0.15) is 49.3 Å². The fourth-order valence-corrected chi connectivity index (χ4v) is 2.49. The Morgan fingerprint density at radius 3 is 2.30 bits per heavy atom. The first-order valence-corrected chi connectivity index (χ1v) is 7.20. The molecule has 0 aliphatic rings. The molecule has 0 aromatic heterocycles. The van der Waals surface area contributed by atoms with Crippen LogP contribution < -0.4 is 0 Å². The Labute approximate surface area is 120 Å². The number of hydrogen-bond donors (Lipinski definition) is 2. The molecule has 0 saturated carbocycles. The number of hydrogen-bond acceptors (Lipinski definition) is 2. The molecule has 1 unspecified atom stereocenters. The van der Waals surface area contributed by atoms with Crippen molar-refractivity contribution in [2.24, 2.45) is 0 Å². The summed E-state index contributed by atoms with van der Waals surface area (Å²) in [6.45, 7) is 4.46. The van der Waals surface area contributed by atoms with Crippen LogP contribution in [-0.2, 0) is 6.42 Å². The van der Waals surface area contributed by atoms with E-state index in [1.807, 2.05) is 0 Å². The average Bonchev–Trinajstić information content (AvgIpc) is 2.43. The zero-order valence-electron chi connectivity index (χ0n) is 12.1. The van der Waals surface area contributed by atoms with Gasteiger partial charge in [-0.2, -0.15) is 0 Å². The molecule has 2 heteroatoms. The van der Waals surface area contributed by atoms with Gasteiger partial charge in [-0.3, -0.25) is 0 Å². The number of phenolic OH excluding ortho intramolecular Hbond substituents is 2. The fraction of sp³-hybridized carbons (Fsp3) is 0.333. The molecule has 2 aromatic rings. The van der Waals surface area contributed by atoms with Gasteiger partial charge in [0.2, 0.25) is 0 Å². The van der Waals surface area contributed by atoms with Gasteiger partial charge in [-0.15, -0.1) is 0 Å². The second kappa shape index (κ2) is 6.47. The van der Waals surface area contributed by atoms with Crippen molar-refractivity contribution in [2.45, 2.75) is 39.0 Å². The highest BCUT2D eigenvalue weighted by Gasteiger charge is 2.06. The molecule has 2 aromatic carbocycles. The highest BCUT2D eigenvalue weighted by atomic mass is 16.3. The molecule has 1 atom stereocenters. The second-order valence-corrected chi connectivity index (χ2v) is 5.42. The van der Waals surface area contributed by atoms with Crippen molar-refractivity contribution in [3.8, 4) is 11.5 Å². The minimum Gasteiger partial charge on any atom is -0.508 e. The van der Waals surface area contributed by atoms with Crippen LogP contribution in [-0.4, -0.2) is 10.2 Å². The van der Waals surface area contributed by atoms with E-state index in [-0.39, 0.29) is 11.5 Å². The lowest BCUT2D eigenvalue weighted by molar-refractivity contribution is 0.447. The van der Waals surface area contributed by atoms with Gasteiger partial charge in [-0.05, 0) is 35.1 Å². The van der Waals surface area contributed by atoms with Crippen molar-refractivity contribution in [3.63, 3.8) is 0 Å². The fourth-order valence-electron chi connectivity index (χ4n) is 2.49. The predicted octanol–water partition coefficient (Wildman–Crippen LogP) is 4.59. The molecule has 2 N–H and O–H groups in total. The molecule has 0 saturated heterocycles. The van der Waals surface area contributed by atoms with Gasteiger partial charge in [0.15, 0.2) is 0 Å². The maximum atomic E-state index is 9.81. The molecule has 0 fully saturated rings. The highest BCUT2D eigenvalue weighted by Crippen LogP contribution is 2.26. The molecular formula is C18H22O2. The van der Waals surface area contributed by atoms with E-state index >= 15 is 0 Å². The third kappa shape index (κ3) is 3.53. The zero-order chi connectivity index (χ0) is 14.5. The number of benzene rings is 2. The van der Waals surface area contributed by atoms with Crippen LogP contribution >= 0.6 is 0 Å². The molecule has 0 spiro atoms. The largest absolute Gasteiger partial charge is 0.508 e. The van der Waals surface area contributed by atoms with Gasteiger partial charge < -0.3 is 10.2 Å². The molecule has 0 heterocycles. The summed E-state index contributed by atoms with van der Waals surface area (Å²) >= 11 is 0. The van der Waals surface area contributed by atoms with Crippen molar-refractivity contribution in [3.05, 3.63) is 59.2 Å². The Kier molecular flexibility index (Phi) is 4.67. The Morgan fingerprint density at radius 1 is 1.00 bits per heavy atom. The van der Waals surface area contributed by atoms with E-state index in [1.54, 1.807) is 12.1 Å². The van der Waals surface area contributed by atoms with Crippen molar-refractivity contribution in [2.75, 3.05) is 0 Å². The maximum absolute atomic E-state index is 9.81. The topological polar surface area (TPSA) is 40.5 Å². The van der Waals surface area contributed by atoms with Crippen molar-refractivity contribution in [1.82, 2.24) is 0 Å². The van der Waals surface area contributed by atoms with E-state index in [2.05, 4.69) is 38.1 Å². The second-order valence-electron chi connectivity index (χ2n) is 5.42. The summed E-state index contributed by atoms with van der Waals surface area (Å²) in [6, 6.07) is 13.3. The molecule has 2 rings (SSSR count). The predicted molar refractivity (Wildman–Crippen MR) is 82.3 cm³/mol. The molecule has 20 heavy (non-hydrogen) atoms. The lowest BCUT2D eigenvalue weighted by Gasteiger charge is -2.11. The monoisotopic (exact) mass is 270 g/mol. The van der Waals surface area contributed by atoms with Gasteiger partial charge in [0.1, 0.15) is 11.5 Å². The van der Waals surface area contributed by atoms with Crippen molar-refractivity contribution in [1.29, 1.82) is 0 Å². The normalized spacial score (nSPS) is 12.3. The van der Waals surface area contributed by atoms with Crippen LogP contribution in [0.3, 0.4) is 0 Å². The highest BCUT2D eigenvalue weighted by molar-refractivity contribution is 5.42. The summed E-state index contributed by atoms with van der Waals surface area (Å²) in [5, 5.41) is 19.1. The van der Waals surface area contributed by atoms with Crippen molar-refractivity contribution < 1.29 is 10.2 Å². The first-order valence-electron chi connectivity index (χ1n) is 7.20. The molecule has 0 aliphatic carbocycles. The molecule has 0 amide bonds. The van der Waals surface area contributed by atoms with Crippen LogP contribution in [0.4, 0.5) is 0 Å². The van der Waals surface area contributed by atoms with Crippen LogP contribution in [0.15, 0.2) is 42.5 Å². The van der Waals surface area contributed by atoms with Gasteiger partial charge >= 0.3 is 0 Å². The third-order valence-electron chi connectivity index (χ3n) is 3.73. The van der Waals surface area contributed by atoms with E-state index in [9.17, 15) is 10.2 Å². The van der Waals surface area contributed by atoms with Crippen LogP contribution in [0, 0.1) is 0 Å². The maximum Gasteiger partial charge on any atom is 0.122 e. The molecular weight excluding hydrogens is 248 g/mol. The van der Waals surface area contributed by atoms with Gasteiger partial charge in [0, 0.05) is 12.5 Å². The quantitative estimate of drug-likeness (QED) is 0.834. The molecule has 106 valence electrons. The summed E-state index contributed by atoms with van der Waals surface area (Å²) in [4.78, 5) is 0. The number of phenols is 2. The first-order chi connectivity index (χ1) is 9.60. The van der Waals surface area contributed by atoms with Gasteiger partial charge in [-0.25, -0.2) is 0 Å². The average molecular weight is 270 g/mol.